The summed E-state index contributed by atoms with van der Waals surface area (Å²) in [7, 11) is 1.72. The molecule has 0 bridgehead atoms. The summed E-state index contributed by atoms with van der Waals surface area (Å²) in [5.41, 5.74) is 3.07. The largest absolute Gasteiger partial charge is 0.332 e. The molecule has 0 fully saturated rings. The number of hydrogen-bond acceptors (Lipinski definition) is 2. The van der Waals surface area contributed by atoms with E-state index in [0.717, 1.165) is 16.5 Å². The van der Waals surface area contributed by atoms with Gasteiger partial charge in [0, 0.05) is 34.4 Å². The van der Waals surface area contributed by atoms with E-state index in [1.54, 1.807) is 29.8 Å². The van der Waals surface area contributed by atoms with Crippen LogP contribution in [0.25, 0.3) is 21.9 Å². The molecule has 5 nitrogen and oxygen atoms in total. The number of fused-ring (bicyclic) bond motifs is 1. The second kappa shape index (κ2) is 8.43. The van der Waals surface area contributed by atoms with Crippen molar-refractivity contribution in [1.29, 1.82) is 0 Å². The second-order valence-electron chi connectivity index (χ2n) is 6.92. The van der Waals surface area contributed by atoms with Gasteiger partial charge in [-0.1, -0.05) is 60.1 Å². The first-order valence-corrected chi connectivity index (χ1v) is 9.89. The molecule has 0 aliphatic heterocycles. The van der Waals surface area contributed by atoms with Gasteiger partial charge in [0.05, 0.1) is 6.54 Å². The molecule has 30 heavy (non-hydrogen) atoms. The van der Waals surface area contributed by atoms with Crippen LogP contribution >= 0.6 is 11.6 Å². The Morgan fingerprint density at radius 3 is 2.30 bits per heavy atom. The van der Waals surface area contributed by atoms with E-state index >= 15 is 0 Å². The number of pyridine rings is 1. The number of carbonyl (C=O) groups is 1. The number of urea groups is 1. The standard InChI is InChI=1S/C24H20ClN3O2/c1-28-21(15-26-24(30)27-18-10-6-3-7-11-18)22(16-8-4-2-5-9-16)20-14-17(25)12-13-19(20)23(28)29/h2-14H,15H2,1H3,(H2,26,27,30). The second-order valence-corrected chi connectivity index (χ2v) is 7.35. The number of benzene rings is 3. The van der Waals surface area contributed by atoms with Gasteiger partial charge in [0.2, 0.25) is 0 Å². The number of carbonyl (C=O) groups excluding carboxylic acids is 1. The molecule has 0 saturated heterocycles. The zero-order valence-corrected chi connectivity index (χ0v) is 17.1. The third-order valence-electron chi connectivity index (χ3n) is 4.99. The molecule has 0 saturated carbocycles. The predicted octanol–water partition coefficient (Wildman–Crippen LogP) is 5.18. The lowest BCUT2D eigenvalue weighted by molar-refractivity contribution is 0.251. The number of aromatic nitrogens is 1. The summed E-state index contributed by atoms with van der Waals surface area (Å²) in [5.74, 6) is 0. The summed E-state index contributed by atoms with van der Waals surface area (Å²) in [6.07, 6.45) is 0. The van der Waals surface area contributed by atoms with Gasteiger partial charge in [0.1, 0.15) is 0 Å². The molecule has 0 radical (unpaired) electrons. The van der Waals surface area contributed by atoms with E-state index in [-0.39, 0.29) is 18.1 Å². The van der Waals surface area contributed by atoms with E-state index in [0.29, 0.717) is 21.8 Å². The van der Waals surface area contributed by atoms with Gasteiger partial charge in [-0.15, -0.1) is 0 Å². The topological polar surface area (TPSA) is 63.1 Å². The first-order valence-electron chi connectivity index (χ1n) is 9.51. The summed E-state index contributed by atoms with van der Waals surface area (Å²) in [4.78, 5) is 25.4. The normalized spacial score (nSPS) is 10.7. The Labute approximate surface area is 178 Å². The molecule has 0 spiro atoms. The lowest BCUT2D eigenvalue weighted by Gasteiger charge is -2.18. The lowest BCUT2D eigenvalue weighted by atomic mass is 9.96. The summed E-state index contributed by atoms with van der Waals surface area (Å²) in [6.45, 7) is 0.178. The van der Waals surface area contributed by atoms with Crippen LogP contribution in [0.3, 0.4) is 0 Å². The lowest BCUT2D eigenvalue weighted by Crippen LogP contribution is -2.32. The maximum Gasteiger partial charge on any atom is 0.319 e. The number of nitrogens with one attached hydrogen (secondary N) is 2. The molecular formula is C24H20ClN3O2. The summed E-state index contributed by atoms with van der Waals surface area (Å²) in [6, 6.07) is 23.9. The van der Waals surface area contributed by atoms with Crippen molar-refractivity contribution in [3.8, 4) is 11.1 Å². The minimum Gasteiger partial charge on any atom is -0.332 e. The summed E-state index contributed by atoms with van der Waals surface area (Å²) in [5, 5.41) is 7.55. The van der Waals surface area contributed by atoms with E-state index in [9.17, 15) is 9.59 Å². The molecule has 0 unspecified atom stereocenters. The maximum absolute atomic E-state index is 13.0. The number of hydrogen-bond donors (Lipinski definition) is 2. The minimum atomic E-state index is -0.348. The number of halogens is 1. The van der Waals surface area contributed by atoms with Crippen LogP contribution in [-0.2, 0) is 13.6 Å². The SMILES string of the molecule is Cn1c(CNC(=O)Nc2ccccc2)c(-c2ccccc2)c2cc(Cl)ccc2c1=O. The van der Waals surface area contributed by atoms with Crippen molar-refractivity contribution >= 4 is 34.1 Å². The Morgan fingerprint density at radius 2 is 1.60 bits per heavy atom. The van der Waals surface area contributed by atoms with Gasteiger partial charge in [-0.05, 0) is 41.3 Å². The molecule has 0 aliphatic carbocycles. The van der Waals surface area contributed by atoms with Crippen molar-refractivity contribution in [3.05, 3.63) is 99.9 Å². The third-order valence-corrected chi connectivity index (χ3v) is 5.23. The van der Waals surface area contributed by atoms with Crippen LogP contribution in [0, 0.1) is 0 Å². The Balaban J connectivity index is 1.77. The molecule has 150 valence electrons. The van der Waals surface area contributed by atoms with Gasteiger partial charge >= 0.3 is 6.03 Å². The Bertz CT molecular complexity index is 1270. The number of nitrogens with zero attached hydrogens (tertiary/aromatic N) is 1. The van der Waals surface area contributed by atoms with Crippen molar-refractivity contribution < 1.29 is 4.79 Å². The fraction of sp³-hybridized carbons (Fsp3) is 0.0833. The molecule has 2 N–H and O–H groups in total. The first-order chi connectivity index (χ1) is 14.5. The molecule has 4 rings (SSSR count). The number of anilines is 1. The van der Waals surface area contributed by atoms with Gasteiger partial charge in [-0.2, -0.15) is 0 Å². The maximum atomic E-state index is 13.0. The minimum absolute atomic E-state index is 0.137. The first kappa shape index (κ1) is 19.7. The zero-order valence-electron chi connectivity index (χ0n) is 16.4. The van der Waals surface area contributed by atoms with Crippen LogP contribution in [0.4, 0.5) is 10.5 Å². The van der Waals surface area contributed by atoms with Crippen LogP contribution in [0.15, 0.2) is 83.7 Å². The molecule has 1 aromatic heterocycles. The molecule has 0 atom stereocenters. The van der Waals surface area contributed by atoms with Gasteiger partial charge in [0.25, 0.3) is 5.56 Å². The smallest absolute Gasteiger partial charge is 0.319 e. The molecule has 6 heteroatoms. The monoisotopic (exact) mass is 417 g/mol. The highest BCUT2D eigenvalue weighted by Gasteiger charge is 2.17. The Hall–Kier alpha value is -3.57. The molecule has 0 aliphatic rings. The van der Waals surface area contributed by atoms with Crippen LogP contribution in [0.2, 0.25) is 5.02 Å². The van der Waals surface area contributed by atoms with Gasteiger partial charge < -0.3 is 15.2 Å². The summed E-state index contributed by atoms with van der Waals surface area (Å²) < 4.78 is 1.58. The van der Waals surface area contributed by atoms with E-state index in [4.69, 9.17) is 11.6 Å². The molecule has 1 heterocycles. The fourth-order valence-electron chi connectivity index (χ4n) is 3.53. The molecular weight excluding hydrogens is 398 g/mol. The van der Waals surface area contributed by atoms with Crippen LogP contribution < -0.4 is 16.2 Å². The Kier molecular flexibility index (Phi) is 5.55. The third kappa shape index (κ3) is 3.93. The average molecular weight is 418 g/mol. The number of amides is 2. The van der Waals surface area contributed by atoms with Crippen LogP contribution in [0.5, 0.6) is 0 Å². The molecule has 2 amide bonds. The van der Waals surface area contributed by atoms with Gasteiger partial charge in [-0.3, -0.25) is 4.79 Å². The van der Waals surface area contributed by atoms with Crippen molar-refractivity contribution in [1.82, 2.24) is 9.88 Å². The number of rotatable bonds is 4. The zero-order chi connectivity index (χ0) is 21.1. The van der Waals surface area contributed by atoms with Crippen molar-refractivity contribution in [2.24, 2.45) is 7.05 Å². The van der Waals surface area contributed by atoms with Crippen molar-refractivity contribution in [2.75, 3.05) is 5.32 Å². The molecule has 3 aromatic carbocycles. The van der Waals surface area contributed by atoms with Gasteiger partial charge in [-0.25, -0.2) is 4.79 Å². The highest BCUT2D eigenvalue weighted by molar-refractivity contribution is 6.31. The van der Waals surface area contributed by atoms with Crippen molar-refractivity contribution in [2.45, 2.75) is 6.54 Å². The average Bonchev–Trinajstić information content (AvgIpc) is 2.76. The highest BCUT2D eigenvalue weighted by Crippen LogP contribution is 2.32. The van der Waals surface area contributed by atoms with Crippen molar-refractivity contribution in [3.63, 3.8) is 0 Å². The predicted molar refractivity (Wildman–Crippen MR) is 122 cm³/mol. The number of para-hydroxylation sites is 1. The van der Waals surface area contributed by atoms with E-state index in [1.165, 1.54) is 0 Å². The molecule has 4 aromatic rings. The highest BCUT2D eigenvalue weighted by atomic mass is 35.5. The van der Waals surface area contributed by atoms with Gasteiger partial charge in [0.15, 0.2) is 0 Å². The van der Waals surface area contributed by atoms with E-state index in [2.05, 4.69) is 10.6 Å². The van der Waals surface area contributed by atoms with Crippen LogP contribution in [0.1, 0.15) is 5.69 Å². The fourth-order valence-corrected chi connectivity index (χ4v) is 3.70. The summed E-state index contributed by atoms with van der Waals surface area (Å²) >= 11 is 6.25. The quantitative estimate of drug-likeness (QED) is 0.480. The van der Waals surface area contributed by atoms with E-state index < -0.39 is 0 Å². The van der Waals surface area contributed by atoms with E-state index in [1.807, 2.05) is 60.7 Å². The Morgan fingerprint density at radius 1 is 0.933 bits per heavy atom. The van der Waals surface area contributed by atoms with Crippen LogP contribution in [-0.4, -0.2) is 10.6 Å².